The predicted molar refractivity (Wildman–Crippen MR) is 196 cm³/mol. The number of ketones is 1. The highest BCUT2D eigenvalue weighted by Crippen LogP contribution is 2.54. The summed E-state index contributed by atoms with van der Waals surface area (Å²) in [6.45, 7) is 11.3. The van der Waals surface area contributed by atoms with Gasteiger partial charge in [-0.1, -0.05) is 25.2 Å². The fourth-order valence-corrected chi connectivity index (χ4v) is 11.5. The second kappa shape index (κ2) is 15.7. The number of hydrogen-bond donors (Lipinski definition) is 0. The Morgan fingerprint density at radius 3 is 2.40 bits per heavy atom. The van der Waals surface area contributed by atoms with Crippen LogP contribution >= 0.6 is 0 Å². The number of ether oxygens (including phenoxy) is 10. The van der Waals surface area contributed by atoms with Gasteiger partial charge in [0.05, 0.1) is 73.7 Å². The second-order valence-corrected chi connectivity index (χ2v) is 17.8. The van der Waals surface area contributed by atoms with Crippen LogP contribution in [0.4, 0.5) is 0 Å². The molecule has 14 heteroatoms. The van der Waals surface area contributed by atoms with E-state index in [1.165, 1.54) is 0 Å². The van der Waals surface area contributed by atoms with Crippen LogP contribution < -0.4 is 0 Å². The first-order valence-corrected chi connectivity index (χ1v) is 20.9. The Kier molecular flexibility index (Phi) is 11.0. The molecule has 0 aliphatic carbocycles. The Hall–Kier alpha value is -1.94. The quantitative estimate of drug-likeness (QED) is 0.147. The van der Waals surface area contributed by atoms with E-state index >= 15 is 0 Å². The van der Waals surface area contributed by atoms with Crippen LogP contribution in [0.2, 0.25) is 0 Å². The van der Waals surface area contributed by atoms with Gasteiger partial charge in [0.15, 0.2) is 5.79 Å². The molecule has 10 heterocycles. The smallest absolute Gasteiger partial charge is 0.172 e. The number of methoxy groups -OCH3 is 2. The number of hydrogen-bond acceptors (Lipinski definition) is 12. The van der Waals surface area contributed by atoms with E-state index in [9.17, 15) is 4.79 Å². The molecule has 19 atom stereocenters. The molecule has 55 heavy (non-hydrogen) atoms. The van der Waals surface area contributed by atoms with Crippen molar-refractivity contribution in [1.29, 1.82) is 0 Å². The Morgan fingerprint density at radius 1 is 0.818 bits per heavy atom. The molecule has 10 aliphatic rings. The van der Waals surface area contributed by atoms with Crippen LogP contribution in [0, 0.1) is 11.8 Å². The minimum absolute atomic E-state index is 0.0249. The summed E-state index contributed by atoms with van der Waals surface area (Å²) in [5.74, 6) is -0.649. The lowest BCUT2D eigenvalue weighted by molar-refractivity contribution is -0.292. The van der Waals surface area contributed by atoms with Crippen molar-refractivity contribution < 1.29 is 52.2 Å². The standard InChI is InChI=1S/C41H59N3O11/c1-20-12-24-6-8-29-21(2)13-26(48-29)10-11-41-18-34-37(54-41)38-39(53-34)40(55-41)36-30(52-38)9-7-25(50-36)14-23(45)15-28-32(17-31(49-24)22(20)3)51-33(35(28)47-5)16-27(46-4)19-43-44-42/h20,24-40H,2-3,6-19H2,1,4-5H3/t20-,24+,25-,26+,27+,28+,29+,30+,31-,32+,33-,34-,35-,36+,37+,38+,39-,40+,41+/m1/s1. The lowest BCUT2D eigenvalue weighted by Gasteiger charge is -2.47. The summed E-state index contributed by atoms with van der Waals surface area (Å²) in [7, 11) is 3.27. The molecule has 0 unspecified atom stereocenters. The van der Waals surface area contributed by atoms with Crippen molar-refractivity contribution in [3.63, 3.8) is 0 Å². The molecule has 0 aromatic rings. The third kappa shape index (κ3) is 7.37. The summed E-state index contributed by atoms with van der Waals surface area (Å²) in [5.41, 5.74) is 11.2. The Balaban J connectivity index is 0.990. The highest BCUT2D eigenvalue weighted by atomic mass is 16.8. The lowest BCUT2D eigenvalue weighted by Crippen LogP contribution is -2.61. The number of Topliss-reactive ketones (excluding diaryl/α,β-unsaturated/α-hetero) is 1. The van der Waals surface area contributed by atoms with Crippen molar-refractivity contribution in [2.45, 2.75) is 194 Å². The summed E-state index contributed by atoms with van der Waals surface area (Å²) in [4.78, 5) is 17.1. The molecular formula is C41H59N3O11. The summed E-state index contributed by atoms with van der Waals surface area (Å²) < 4.78 is 66.1. The minimum atomic E-state index is -0.789. The largest absolute Gasteiger partial charge is 0.381 e. The molecule has 10 fully saturated rings. The molecule has 0 N–H and O–H groups in total. The van der Waals surface area contributed by atoms with Gasteiger partial charge in [0.25, 0.3) is 0 Å². The van der Waals surface area contributed by atoms with Crippen LogP contribution in [0.1, 0.15) is 90.4 Å². The zero-order valence-electron chi connectivity index (χ0n) is 32.5. The van der Waals surface area contributed by atoms with E-state index in [4.69, 9.17) is 52.9 Å². The maximum absolute atomic E-state index is 14.2. The molecule has 0 aromatic heterocycles. The molecule has 1 spiro atoms. The SMILES string of the molecule is C=C1C[C@@H]2CC[C@@]34C[C@H]5O[C@H]6[C@@H](O3)[C@H]3O[C@H](CC[C@@H]3O[C@H]6[C@H]5O4)CC(=O)C[C@@H]3[C@@H](OC)[C@@H](C[C@@H](CN=[N+]=[N-])OC)O[C@H]3C[C@H]3O[C@@H](CC[C@@H]1O2)C[C@@H](C)C3=C. The normalized spacial score (nSPS) is 49.9. The fourth-order valence-electron chi connectivity index (χ4n) is 11.5. The van der Waals surface area contributed by atoms with Crippen LogP contribution in [0.15, 0.2) is 29.4 Å². The first-order valence-electron chi connectivity index (χ1n) is 20.9. The zero-order chi connectivity index (χ0) is 38.0. The van der Waals surface area contributed by atoms with Gasteiger partial charge in [-0.2, -0.15) is 0 Å². The molecule has 0 radical (unpaired) electrons. The summed E-state index contributed by atoms with van der Waals surface area (Å²) in [5, 5.41) is 3.75. The van der Waals surface area contributed by atoms with Gasteiger partial charge < -0.3 is 47.4 Å². The van der Waals surface area contributed by atoms with Gasteiger partial charge in [0, 0.05) is 63.6 Å². The summed E-state index contributed by atoms with van der Waals surface area (Å²) in [6, 6.07) is 0. The molecule has 0 amide bonds. The monoisotopic (exact) mass is 769 g/mol. The maximum atomic E-state index is 14.2. The van der Waals surface area contributed by atoms with Crippen molar-refractivity contribution in [2.75, 3.05) is 20.8 Å². The molecule has 14 nitrogen and oxygen atoms in total. The summed E-state index contributed by atoms with van der Waals surface area (Å²) in [6.07, 6.45) is 5.18. The van der Waals surface area contributed by atoms with E-state index in [2.05, 4.69) is 30.1 Å². The minimum Gasteiger partial charge on any atom is -0.381 e. The Morgan fingerprint density at radius 2 is 1.58 bits per heavy atom. The van der Waals surface area contributed by atoms with E-state index in [0.29, 0.717) is 32.1 Å². The maximum Gasteiger partial charge on any atom is 0.172 e. The van der Waals surface area contributed by atoms with Gasteiger partial charge in [0.1, 0.15) is 36.3 Å². The van der Waals surface area contributed by atoms with E-state index in [1.807, 2.05) is 0 Å². The molecule has 10 rings (SSSR count). The molecular weight excluding hydrogens is 710 g/mol. The predicted octanol–water partition coefficient (Wildman–Crippen LogP) is 5.44. The highest BCUT2D eigenvalue weighted by Gasteiger charge is 2.68. The van der Waals surface area contributed by atoms with Gasteiger partial charge in [-0.3, -0.25) is 4.79 Å². The molecule has 10 aliphatic heterocycles. The first-order chi connectivity index (χ1) is 26.6. The Labute approximate surface area is 323 Å². The van der Waals surface area contributed by atoms with Crippen LogP contribution in [0.25, 0.3) is 10.4 Å². The summed E-state index contributed by atoms with van der Waals surface area (Å²) >= 11 is 0. The fraction of sp³-hybridized carbons (Fsp3) is 0.878. The van der Waals surface area contributed by atoms with Gasteiger partial charge in [0.2, 0.25) is 0 Å². The average molecular weight is 770 g/mol. The van der Waals surface area contributed by atoms with Crippen molar-refractivity contribution in [3.05, 3.63) is 34.7 Å². The molecule has 10 saturated heterocycles. The number of carbonyl (C=O) groups excluding carboxylic acids is 1. The van der Waals surface area contributed by atoms with Crippen LogP contribution in [0.5, 0.6) is 0 Å². The van der Waals surface area contributed by atoms with E-state index in [1.54, 1.807) is 14.2 Å². The molecule has 0 saturated carbocycles. The highest BCUT2D eigenvalue weighted by molar-refractivity contribution is 5.79. The van der Waals surface area contributed by atoms with Crippen molar-refractivity contribution in [2.24, 2.45) is 17.0 Å². The molecule has 12 bridgehead atoms. The van der Waals surface area contributed by atoms with E-state index < -0.39 is 5.79 Å². The van der Waals surface area contributed by atoms with Crippen LogP contribution in [-0.2, 0) is 52.2 Å². The third-order valence-corrected chi connectivity index (χ3v) is 14.4. The molecule has 0 aromatic carbocycles. The number of carbonyl (C=O) groups is 1. The van der Waals surface area contributed by atoms with E-state index in [-0.39, 0.29) is 135 Å². The van der Waals surface area contributed by atoms with Gasteiger partial charge in [-0.15, -0.1) is 0 Å². The second-order valence-electron chi connectivity index (χ2n) is 17.8. The number of nitrogens with zero attached hydrogens (tertiary/aromatic N) is 3. The first kappa shape index (κ1) is 38.6. The molecule has 304 valence electrons. The number of azide groups is 1. The van der Waals surface area contributed by atoms with Gasteiger partial charge >= 0.3 is 0 Å². The lowest BCUT2D eigenvalue weighted by atomic mass is 9.81. The van der Waals surface area contributed by atoms with Gasteiger partial charge in [-0.05, 0) is 67.5 Å². The van der Waals surface area contributed by atoms with Crippen LogP contribution in [-0.4, -0.2) is 130 Å². The zero-order valence-corrected chi connectivity index (χ0v) is 32.5. The van der Waals surface area contributed by atoms with Crippen molar-refractivity contribution >= 4 is 5.78 Å². The average Bonchev–Trinajstić information content (AvgIpc) is 3.85. The third-order valence-electron chi connectivity index (χ3n) is 14.4. The topological polar surface area (TPSA) is 158 Å². The van der Waals surface area contributed by atoms with Crippen molar-refractivity contribution in [1.82, 2.24) is 0 Å². The number of rotatable bonds is 6. The van der Waals surface area contributed by atoms with E-state index in [0.717, 1.165) is 49.7 Å². The van der Waals surface area contributed by atoms with Crippen molar-refractivity contribution in [3.8, 4) is 0 Å². The van der Waals surface area contributed by atoms with Crippen LogP contribution in [0.3, 0.4) is 0 Å². The van der Waals surface area contributed by atoms with Gasteiger partial charge in [-0.25, -0.2) is 0 Å². The Bertz CT molecular complexity index is 1530. The number of fused-ring (bicyclic) bond motifs is 6.